The van der Waals surface area contributed by atoms with Gasteiger partial charge in [-0.25, -0.2) is 13.2 Å². The first kappa shape index (κ1) is 16.6. The number of carbonyl (C=O) groups excluding carboxylic acids is 1. The van der Waals surface area contributed by atoms with E-state index in [1.54, 1.807) is 31.3 Å². The van der Waals surface area contributed by atoms with Crippen molar-refractivity contribution in [3.8, 4) is 5.75 Å². The van der Waals surface area contributed by atoms with Crippen LogP contribution in [0.2, 0.25) is 0 Å². The van der Waals surface area contributed by atoms with Crippen molar-refractivity contribution in [1.29, 1.82) is 0 Å². The molecule has 1 saturated heterocycles. The van der Waals surface area contributed by atoms with Gasteiger partial charge in [0.25, 0.3) is 0 Å². The number of nitrogens with zero attached hydrogens (tertiary/aromatic N) is 1. The molecule has 1 N–H and O–H groups in total. The Morgan fingerprint density at radius 3 is 2.45 bits per heavy atom. The third-order valence-corrected chi connectivity index (χ3v) is 5.30. The van der Waals surface area contributed by atoms with Crippen LogP contribution in [0.25, 0.3) is 0 Å². The largest absolute Gasteiger partial charge is 0.491 e. The lowest BCUT2D eigenvalue weighted by molar-refractivity contribution is 0.209. The van der Waals surface area contributed by atoms with Gasteiger partial charge >= 0.3 is 6.03 Å². The summed E-state index contributed by atoms with van der Waals surface area (Å²) in [7, 11) is -1.38. The van der Waals surface area contributed by atoms with Gasteiger partial charge in [0.15, 0.2) is 9.84 Å². The lowest BCUT2D eigenvalue weighted by Gasteiger charge is -2.23. The topological polar surface area (TPSA) is 75.7 Å². The number of ether oxygens (including phenoxy) is 1. The molecule has 0 radical (unpaired) electrons. The SMILES string of the molecule is CC(C)Oc1ccc(NC(=O)N(C)C2CCS(=O)(=O)C2)cc1. The molecule has 1 aromatic rings. The normalized spacial score (nSPS) is 19.9. The van der Waals surface area contributed by atoms with Crippen LogP contribution in [0.15, 0.2) is 24.3 Å². The van der Waals surface area contributed by atoms with E-state index in [1.165, 1.54) is 4.90 Å². The standard InChI is InChI=1S/C15H22N2O4S/c1-11(2)21-14-6-4-12(5-7-14)16-15(18)17(3)13-8-9-22(19,20)10-13/h4-7,11,13H,8-10H2,1-3H3,(H,16,18). The summed E-state index contributed by atoms with van der Waals surface area (Å²) >= 11 is 0. The second kappa shape index (κ2) is 6.56. The Morgan fingerprint density at radius 2 is 1.95 bits per heavy atom. The van der Waals surface area contributed by atoms with Crippen molar-refractivity contribution in [2.24, 2.45) is 0 Å². The lowest BCUT2D eigenvalue weighted by Crippen LogP contribution is -2.40. The van der Waals surface area contributed by atoms with Gasteiger partial charge in [-0.15, -0.1) is 0 Å². The zero-order chi connectivity index (χ0) is 16.3. The number of nitrogens with one attached hydrogen (secondary N) is 1. The van der Waals surface area contributed by atoms with E-state index in [2.05, 4.69) is 5.32 Å². The highest BCUT2D eigenvalue weighted by atomic mass is 32.2. The summed E-state index contributed by atoms with van der Waals surface area (Å²) in [4.78, 5) is 13.6. The van der Waals surface area contributed by atoms with E-state index in [9.17, 15) is 13.2 Å². The smallest absolute Gasteiger partial charge is 0.321 e. The van der Waals surface area contributed by atoms with Gasteiger partial charge in [0.2, 0.25) is 0 Å². The fourth-order valence-electron chi connectivity index (χ4n) is 2.35. The molecule has 22 heavy (non-hydrogen) atoms. The molecule has 1 aliphatic rings. The molecular weight excluding hydrogens is 304 g/mol. The summed E-state index contributed by atoms with van der Waals surface area (Å²) in [6.45, 7) is 3.89. The third-order valence-electron chi connectivity index (χ3n) is 3.55. The van der Waals surface area contributed by atoms with Gasteiger partial charge in [0.1, 0.15) is 5.75 Å². The van der Waals surface area contributed by atoms with E-state index in [4.69, 9.17) is 4.74 Å². The number of rotatable bonds is 4. The number of carbonyl (C=O) groups is 1. The van der Waals surface area contributed by atoms with Crippen LogP contribution in [-0.2, 0) is 9.84 Å². The van der Waals surface area contributed by atoms with Crippen molar-refractivity contribution in [1.82, 2.24) is 4.90 Å². The summed E-state index contributed by atoms with van der Waals surface area (Å²) in [6.07, 6.45) is 0.587. The van der Waals surface area contributed by atoms with Crippen LogP contribution >= 0.6 is 0 Å². The van der Waals surface area contributed by atoms with Crippen molar-refractivity contribution in [3.05, 3.63) is 24.3 Å². The van der Waals surface area contributed by atoms with Crippen LogP contribution in [0, 0.1) is 0 Å². The van der Waals surface area contributed by atoms with Crippen LogP contribution < -0.4 is 10.1 Å². The predicted octanol–water partition coefficient (Wildman–Crippen LogP) is 2.12. The Morgan fingerprint density at radius 1 is 1.32 bits per heavy atom. The van der Waals surface area contributed by atoms with Crippen LogP contribution in [0.3, 0.4) is 0 Å². The van der Waals surface area contributed by atoms with Gasteiger partial charge in [-0.1, -0.05) is 0 Å². The molecule has 2 amide bonds. The van der Waals surface area contributed by atoms with Crippen molar-refractivity contribution >= 4 is 21.6 Å². The zero-order valence-electron chi connectivity index (χ0n) is 13.1. The van der Waals surface area contributed by atoms with Crippen LogP contribution in [0.5, 0.6) is 5.75 Å². The van der Waals surface area contributed by atoms with Crippen molar-refractivity contribution in [2.75, 3.05) is 23.9 Å². The molecule has 0 aromatic heterocycles. The Bertz CT molecular complexity index is 625. The molecule has 6 nitrogen and oxygen atoms in total. The maximum atomic E-state index is 12.2. The lowest BCUT2D eigenvalue weighted by atomic mass is 10.2. The first-order valence-corrected chi connectivity index (χ1v) is 9.10. The molecule has 2 rings (SSSR count). The summed E-state index contributed by atoms with van der Waals surface area (Å²) in [5.41, 5.74) is 0.647. The van der Waals surface area contributed by atoms with E-state index >= 15 is 0 Å². The van der Waals surface area contributed by atoms with Gasteiger partial charge in [0.05, 0.1) is 17.6 Å². The number of urea groups is 1. The van der Waals surface area contributed by atoms with Gasteiger partial charge in [-0.05, 0) is 44.5 Å². The monoisotopic (exact) mass is 326 g/mol. The average Bonchev–Trinajstić information content (AvgIpc) is 2.80. The molecule has 1 aromatic carbocycles. The molecule has 0 bridgehead atoms. The molecule has 1 heterocycles. The first-order valence-electron chi connectivity index (χ1n) is 7.28. The van der Waals surface area contributed by atoms with E-state index in [-0.39, 0.29) is 29.7 Å². The van der Waals surface area contributed by atoms with Gasteiger partial charge in [0, 0.05) is 18.8 Å². The number of benzene rings is 1. The number of anilines is 1. The van der Waals surface area contributed by atoms with Crippen LogP contribution in [-0.4, -0.2) is 50.0 Å². The molecule has 1 unspecified atom stereocenters. The van der Waals surface area contributed by atoms with Crippen LogP contribution in [0.1, 0.15) is 20.3 Å². The first-order chi connectivity index (χ1) is 10.3. The predicted molar refractivity (Wildman–Crippen MR) is 86.0 cm³/mol. The van der Waals surface area contributed by atoms with Gasteiger partial charge in [-0.2, -0.15) is 0 Å². The Kier molecular flexibility index (Phi) is 4.95. The third kappa shape index (κ3) is 4.37. The average molecular weight is 326 g/mol. The summed E-state index contributed by atoms with van der Waals surface area (Å²) < 4.78 is 28.5. The number of hydrogen-bond donors (Lipinski definition) is 1. The van der Waals surface area contributed by atoms with E-state index in [0.29, 0.717) is 12.1 Å². The van der Waals surface area contributed by atoms with E-state index in [1.807, 2.05) is 13.8 Å². The highest BCUT2D eigenvalue weighted by Crippen LogP contribution is 2.19. The molecule has 1 aliphatic heterocycles. The van der Waals surface area contributed by atoms with Crippen molar-refractivity contribution in [2.45, 2.75) is 32.4 Å². The van der Waals surface area contributed by atoms with Crippen molar-refractivity contribution < 1.29 is 17.9 Å². The zero-order valence-corrected chi connectivity index (χ0v) is 13.9. The summed E-state index contributed by atoms with van der Waals surface area (Å²) in [5.74, 6) is 0.928. The molecular formula is C15H22N2O4S. The number of sulfone groups is 1. The fourth-order valence-corrected chi connectivity index (χ4v) is 4.12. The maximum Gasteiger partial charge on any atom is 0.321 e. The Balaban J connectivity index is 1.94. The summed E-state index contributed by atoms with van der Waals surface area (Å²) in [6, 6.07) is 6.53. The molecule has 0 saturated carbocycles. The Labute approximate surface area is 131 Å². The molecule has 1 fully saturated rings. The highest BCUT2D eigenvalue weighted by Gasteiger charge is 2.32. The molecule has 0 spiro atoms. The van der Waals surface area contributed by atoms with E-state index in [0.717, 1.165) is 5.75 Å². The van der Waals surface area contributed by atoms with E-state index < -0.39 is 9.84 Å². The second-order valence-electron chi connectivity index (χ2n) is 5.79. The van der Waals surface area contributed by atoms with Crippen LogP contribution in [0.4, 0.5) is 10.5 Å². The molecule has 122 valence electrons. The Hall–Kier alpha value is -1.76. The molecule has 1 atom stereocenters. The maximum absolute atomic E-state index is 12.2. The molecule has 7 heteroatoms. The van der Waals surface area contributed by atoms with Gasteiger partial charge < -0.3 is 15.0 Å². The minimum absolute atomic E-state index is 0.0398. The second-order valence-corrected chi connectivity index (χ2v) is 8.02. The van der Waals surface area contributed by atoms with Gasteiger partial charge in [-0.3, -0.25) is 0 Å². The minimum Gasteiger partial charge on any atom is -0.491 e. The molecule has 0 aliphatic carbocycles. The number of amides is 2. The highest BCUT2D eigenvalue weighted by molar-refractivity contribution is 7.91. The summed E-state index contributed by atoms with van der Waals surface area (Å²) in [5, 5.41) is 2.76. The quantitative estimate of drug-likeness (QED) is 0.919. The van der Waals surface area contributed by atoms with Crippen molar-refractivity contribution in [3.63, 3.8) is 0 Å². The minimum atomic E-state index is -3.00. The number of hydrogen-bond acceptors (Lipinski definition) is 4. The fraction of sp³-hybridized carbons (Fsp3) is 0.533.